The fourth-order valence-corrected chi connectivity index (χ4v) is 4.71. The standard InChI is InChI=1S/C18H18N3O2S.Na/c1-23-15-10-11-19-17-12(15)6-2-5-9-16(17)24(22)18-20-13-7-3-4-8-14(13)21-18;/h3-4,7-8,10-11,16H,2,5-6,9H2,1H3;/q-1;+1/t16-,24-;/m1./s1. The van der Waals surface area contributed by atoms with Gasteiger partial charge in [0.25, 0.3) is 0 Å². The summed E-state index contributed by atoms with van der Waals surface area (Å²) < 4.78 is 18.7. The molecule has 1 aromatic carbocycles. The van der Waals surface area contributed by atoms with Gasteiger partial charge in [-0.25, -0.2) is 0 Å². The van der Waals surface area contributed by atoms with Crippen molar-refractivity contribution in [2.45, 2.75) is 36.1 Å². The molecule has 1 aliphatic carbocycles. The fraction of sp³-hybridized carbons (Fsp3) is 0.333. The first-order valence-electron chi connectivity index (χ1n) is 8.09. The van der Waals surface area contributed by atoms with Gasteiger partial charge >= 0.3 is 29.6 Å². The van der Waals surface area contributed by atoms with Gasteiger partial charge in [-0.05, 0) is 36.4 Å². The monoisotopic (exact) mass is 363 g/mol. The summed E-state index contributed by atoms with van der Waals surface area (Å²) in [5, 5.41) is 0.216. The van der Waals surface area contributed by atoms with Gasteiger partial charge in [0.05, 0.1) is 28.9 Å². The van der Waals surface area contributed by atoms with E-state index in [1.807, 2.05) is 30.3 Å². The molecule has 0 amide bonds. The van der Waals surface area contributed by atoms with Crippen molar-refractivity contribution in [3.63, 3.8) is 0 Å². The second kappa shape index (κ2) is 7.99. The number of rotatable bonds is 3. The normalized spacial score (nSPS) is 18.0. The van der Waals surface area contributed by atoms with Crippen molar-refractivity contribution < 1.29 is 38.5 Å². The molecule has 0 radical (unpaired) electrons. The molecule has 1 aliphatic rings. The van der Waals surface area contributed by atoms with Crippen molar-refractivity contribution in [3.8, 4) is 5.75 Å². The maximum absolute atomic E-state index is 13.2. The van der Waals surface area contributed by atoms with E-state index in [0.29, 0.717) is 5.16 Å². The van der Waals surface area contributed by atoms with E-state index in [4.69, 9.17) is 4.74 Å². The van der Waals surface area contributed by atoms with E-state index >= 15 is 0 Å². The van der Waals surface area contributed by atoms with Gasteiger partial charge in [0, 0.05) is 16.9 Å². The number of methoxy groups -OCH3 is 1. The Morgan fingerprint density at radius 3 is 2.88 bits per heavy atom. The minimum atomic E-state index is -1.33. The third kappa shape index (κ3) is 3.53. The number of fused-ring (bicyclic) bond motifs is 2. The number of imidazole rings is 1. The molecule has 0 saturated heterocycles. The predicted molar refractivity (Wildman–Crippen MR) is 92.6 cm³/mol. The van der Waals surface area contributed by atoms with Crippen LogP contribution in [0.4, 0.5) is 0 Å². The molecule has 4 rings (SSSR count). The van der Waals surface area contributed by atoms with E-state index in [1.54, 1.807) is 13.3 Å². The zero-order chi connectivity index (χ0) is 16.5. The van der Waals surface area contributed by atoms with E-state index < -0.39 is 10.8 Å². The van der Waals surface area contributed by atoms with Crippen LogP contribution < -0.4 is 39.3 Å². The molecule has 2 heterocycles. The van der Waals surface area contributed by atoms with Crippen molar-refractivity contribution in [1.82, 2.24) is 15.0 Å². The van der Waals surface area contributed by atoms with Gasteiger partial charge in [-0.2, -0.15) is 0 Å². The number of hydrogen-bond acceptors (Lipinski definition) is 4. The van der Waals surface area contributed by atoms with E-state index in [2.05, 4.69) is 15.0 Å². The Kier molecular flexibility index (Phi) is 5.94. The van der Waals surface area contributed by atoms with Gasteiger partial charge in [-0.1, -0.05) is 30.7 Å². The molecule has 0 unspecified atom stereocenters. The first-order chi connectivity index (χ1) is 11.8. The molecule has 0 spiro atoms. The molecule has 0 fully saturated rings. The summed E-state index contributed by atoms with van der Waals surface area (Å²) in [5.41, 5.74) is 3.52. The van der Waals surface area contributed by atoms with Crippen molar-refractivity contribution in [3.05, 3.63) is 47.8 Å². The fourth-order valence-electron chi connectivity index (χ4n) is 3.29. The summed E-state index contributed by atoms with van der Waals surface area (Å²) in [6.45, 7) is 0. The summed E-state index contributed by atoms with van der Waals surface area (Å²) in [4.78, 5) is 13.5. The molecule has 2 atom stereocenters. The van der Waals surface area contributed by atoms with Crippen LogP contribution in [0.5, 0.6) is 5.75 Å². The molecule has 5 nitrogen and oxygen atoms in total. The number of ether oxygens (including phenoxy) is 1. The van der Waals surface area contributed by atoms with E-state index in [0.717, 1.165) is 53.7 Å². The number of aromatic nitrogens is 3. The Morgan fingerprint density at radius 2 is 2.08 bits per heavy atom. The van der Waals surface area contributed by atoms with Gasteiger partial charge in [-0.3, -0.25) is 9.19 Å². The molecule has 124 valence electrons. The molecule has 25 heavy (non-hydrogen) atoms. The Balaban J connectivity index is 0.00000182. The zero-order valence-electron chi connectivity index (χ0n) is 14.4. The number of para-hydroxylation sites is 2. The van der Waals surface area contributed by atoms with Gasteiger partial charge in [0.15, 0.2) is 0 Å². The Bertz CT molecular complexity index is 879. The molecule has 0 bridgehead atoms. The second-order valence-corrected chi connectivity index (χ2v) is 7.43. The van der Waals surface area contributed by atoms with Crippen LogP contribution in [0.25, 0.3) is 11.0 Å². The summed E-state index contributed by atoms with van der Waals surface area (Å²) in [7, 11) is 0.341. The largest absolute Gasteiger partial charge is 1.00 e. The summed E-state index contributed by atoms with van der Waals surface area (Å²) in [5.74, 6) is 0.831. The molecule has 0 aliphatic heterocycles. The smallest absolute Gasteiger partial charge is 0.496 e. The molecule has 0 saturated carbocycles. The van der Waals surface area contributed by atoms with E-state index in [9.17, 15) is 4.21 Å². The van der Waals surface area contributed by atoms with Crippen LogP contribution in [0.2, 0.25) is 0 Å². The maximum atomic E-state index is 13.2. The second-order valence-electron chi connectivity index (χ2n) is 5.90. The van der Waals surface area contributed by atoms with Gasteiger partial charge in [0.2, 0.25) is 0 Å². The minimum Gasteiger partial charge on any atom is -0.496 e. The van der Waals surface area contributed by atoms with E-state index in [-0.39, 0.29) is 34.8 Å². The summed E-state index contributed by atoms with van der Waals surface area (Å²) in [6, 6.07) is 9.49. The van der Waals surface area contributed by atoms with Crippen LogP contribution in [-0.2, 0) is 17.2 Å². The number of pyridine rings is 1. The first-order valence-corrected chi connectivity index (χ1v) is 9.31. The maximum Gasteiger partial charge on any atom is 1.00 e. The summed E-state index contributed by atoms with van der Waals surface area (Å²) >= 11 is 0. The van der Waals surface area contributed by atoms with Gasteiger partial charge in [-0.15, -0.1) is 0 Å². The van der Waals surface area contributed by atoms with Crippen LogP contribution in [-0.4, -0.2) is 21.3 Å². The Hall–Kier alpha value is -1.21. The molecule has 3 aromatic rings. The third-order valence-corrected chi connectivity index (χ3v) is 5.98. The van der Waals surface area contributed by atoms with Crippen LogP contribution in [0, 0.1) is 0 Å². The minimum absolute atomic E-state index is 0. The number of hydrogen-bond donors (Lipinski definition) is 0. The molecular weight excluding hydrogens is 345 g/mol. The average Bonchev–Trinajstić information content (AvgIpc) is 2.93. The Morgan fingerprint density at radius 1 is 1.24 bits per heavy atom. The molecule has 2 aromatic heterocycles. The average molecular weight is 363 g/mol. The van der Waals surface area contributed by atoms with Crippen LogP contribution >= 0.6 is 0 Å². The van der Waals surface area contributed by atoms with Crippen LogP contribution in [0.3, 0.4) is 0 Å². The molecule has 7 heteroatoms. The van der Waals surface area contributed by atoms with Crippen molar-refractivity contribution in [2.24, 2.45) is 0 Å². The quantitative estimate of drug-likeness (QED) is 0.490. The molecular formula is C18H18N3NaO2S. The van der Waals surface area contributed by atoms with E-state index in [1.165, 1.54) is 0 Å². The van der Waals surface area contributed by atoms with Crippen molar-refractivity contribution in [1.29, 1.82) is 0 Å². The number of benzene rings is 1. The zero-order valence-corrected chi connectivity index (χ0v) is 17.3. The van der Waals surface area contributed by atoms with Crippen LogP contribution in [0.15, 0.2) is 41.7 Å². The topological polar surface area (TPSA) is 66.2 Å². The predicted octanol–water partition coefficient (Wildman–Crippen LogP) is 0.175. The van der Waals surface area contributed by atoms with Crippen molar-refractivity contribution >= 4 is 21.8 Å². The van der Waals surface area contributed by atoms with Gasteiger partial charge in [0.1, 0.15) is 5.75 Å². The van der Waals surface area contributed by atoms with Crippen LogP contribution in [0.1, 0.15) is 35.8 Å². The summed E-state index contributed by atoms with van der Waals surface area (Å²) in [6.07, 6.45) is 5.52. The number of nitrogens with zero attached hydrogens (tertiary/aromatic N) is 3. The molecule has 0 N–H and O–H groups in total. The SMILES string of the molecule is COc1ccnc2c1CCCC[C@H]2[S@@](=O)c1nc2ccccc2[n-]1.[Na+]. The first kappa shape index (κ1) is 18.6. The Labute approximate surface area is 171 Å². The third-order valence-electron chi connectivity index (χ3n) is 4.47. The van der Waals surface area contributed by atoms with Gasteiger partial charge < -0.3 is 14.7 Å². The van der Waals surface area contributed by atoms with Crippen molar-refractivity contribution in [2.75, 3.05) is 7.11 Å².